The molecule has 0 aliphatic carbocycles. The molecule has 1 aromatic heterocycles. The smallest absolute Gasteiger partial charge is 0.297 e. The van der Waals surface area contributed by atoms with Crippen LogP contribution in [-0.4, -0.2) is 9.13 Å². The van der Waals surface area contributed by atoms with Gasteiger partial charge in [-0.25, -0.2) is 4.79 Å². The van der Waals surface area contributed by atoms with Crippen molar-refractivity contribution >= 4 is 0 Å². The van der Waals surface area contributed by atoms with Gasteiger partial charge in [-0.05, 0) is 30.9 Å². The normalized spacial score (nSPS) is 11.5. The van der Waals surface area contributed by atoms with Crippen molar-refractivity contribution < 1.29 is 0 Å². The van der Waals surface area contributed by atoms with Gasteiger partial charge in [0.05, 0.1) is 6.54 Å². The highest BCUT2D eigenvalue weighted by atomic mass is 16.1. The lowest BCUT2D eigenvalue weighted by Crippen LogP contribution is -2.25. The van der Waals surface area contributed by atoms with Gasteiger partial charge in [-0.15, -0.1) is 0 Å². The minimum atomic E-state index is 0.0583. The van der Waals surface area contributed by atoms with Crippen LogP contribution in [0.2, 0.25) is 0 Å². The maximum absolute atomic E-state index is 12.1. The first-order valence-electron chi connectivity index (χ1n) is 6.85. The zero-order valence-corrected chi connectivity index (χ0v) is 12.1. The van der Waals surface area contributed by atoms with Crippen LogP contribution in [0.1, 0.15) is 50.8 Å². The van der Waals surface area contributed by atoms with Gasteiger partial charge in [-0.2, -0.15) is 0 Å². The predicted octanol–water partition coefficient (Wildman–Crippen LogP) is 3.40. The number of imidazole rings is 1. The SMILES string of the molecule is CC(C)c1ccc(Cn2ccn(C(C)C)c2=O)cc1. The Morgan fingerprint density at radius 3 is 2.11 bits per heavy atom. The second kappa shape index (κ2) is 5.47. The Balaban J connectivity index is 2.20. The van der Waals surface area contributed by atoms with E-state index >= 15 is 0 Å². The lowest BCUT2D eigenvalue weighted by Gasteiger charge is -2.08. The van der Waals surface area contributed by atoms with E-state index in [9.17, 15) is 4.79 Å². The van der Waals surface area contributed by atoms with E-state index in [0.717, 1.165) is 5.56 Å². The highest BCUT2D eigenvalue weighted by Crippen LogP contribution is 2.15. The first-order valence-corrected chi connectivity index (χ1v) is 6.85. The molecule has 0 radical (unpaired) electrons. The van der Waals surface area contributed by atoms with Crippen molar-refractivity contribution in [3.8, 4) is 0 Å². The van der Waals surface area contributed by atoms with E-state index in [0.29, 0.717) is 12.5 Å². The highest BCUT2D eigenvalue weighted by Gasteiger charge is 2.06. The van der Waals surface area contributed by atoms with Gasteiger partial charge in [-0.1, -0.05) is 38.1 Å². The fourth-order valence-corrected chi connectivity index (χ4v) is 2.15. The fourth-order valence-electron chi connectivity index (χ4n) is 2.15. The van der Waals surface area contributed by atoms with Gasteiger partial charge in [-0.3, -0.25) is 9.13 Å². The van der Waals surface area contributed by atoms with Crippen molar-refractivity contribution in [2.75, 3.05) is 0 Å². The quantitative estimate of drug-likeness (QED) is 0.825. The van der Waals surface area contributed by atoms with Crippen LogP contribution in [-0.2, 0) is 6.54 Å². The first-order chi connectivity index (χ1) is 8.99. The Morgan fingerprint density at radius 2 is 1.63 bits per heavy atom. The summed E-state index contributed by atoms with van der Waals surface area (Å²) in [5.74, 6) is 0.541. The van der Waals surface area contributed by atoms with Gasteiger partial charge in [0.25, 0.3) is 0 Å². The van der Waals surface area contributed by atoms with Gasteiger partial charge in [0.2, 0.25) is 0 Å². The summed E-state index contributed by atoms with van der Waals surface area (Å²) in [4.78, 5) is 12.1. The van der Waals surface area contributed by atoms with Crippen LogP contribution in [0, 0.1) is 0 Å². The molecule has 2 aromatic rings. The van der Waals surface area contributed by atoms with Crippen LogP contribution < -0.4 is 5.69 Å². The molecule has 0 aliphatic heterocycles. The van der Waals surface area contributed by atoms with Gasteiger partial charge < -0.3 is 0 Å². The van der Waals surface area contributed by atoms with Crippen LogP contribution in [0.5, 0.6) is 0 Å². The Hall–Kier alpha value is -1.77. The third-order valence-corrected chi connectivity index (χ3v) is 3.43. The summed E-state index contributed by atoms with van der Waals surface area (Å²) in [6, 6.07) is 8.70. The molecule has 1 aromatic carbocycles. The van der Waals surface area contributed by atoms with E-state index in [1.807, 2.05) is 26.2 Å². The van der Waals surface area contributed by atoms with E-state index < -0.39 is 0 Å². The predicted molar refractivity (Wildman–Crippen MR) is 78.7 cm³/mol. The minimum Gasteiger partial charge on any atom is -0.297 e. The number of hydrogen-bond acceptors (Lipinski definition) is 1. The molecule has 2 rings (SSSR count). The molecule has 0 N–H and O–H groups in total. The van der Waals surface area contributed by atoms with Gasteiger partial charge >= 0.3 is 5.69 Å². The lowest BCUT2D eigenvalue weighted by molar-refractivity contribution is 0.561. The average Bonchev–Trinajstić information content (AvgIpc) is 2.72. The van der Waals surface area contributed by atoms with E-state index in [-0.39, 0.29) is 11.7 Å². The molecule has 0 saturated heterocycles. The van der Waals surface area contributed by atoms with Crippen molar-refractivity contribution in [3.05, 3.63) is 58.3 Å². The first kappa shape index (κ1) is 13.7. The summed E-state index contributed by atoms with van der Waals surface area (Å²) >= 11 is 0. The summed E-state index contributed by atoms with van der Waals surface area (Å²) in [6.45, 7) is 9.04. The molecule has 0 unspecified atom stereocenters. The molecule has 19 heavy (non-hydrogen) atoms. The van der Waals surface area contributed by atoms with Crippen molar-refractivity contribution in [1.29, 1.82) is 0 Å². The third-order valence-electron chi connectivity index (χ3n) is 3.43. The van der Waals surface area contributed by atoms with E-state index in [1.165, 1.54) is 5.56 Å². The molecular weight excluding hydrogens is 236 g/mol. The van der Waals surface area contributed by atoms with Crippen LogP contribution >= 0.6 is 0 Å². The monoisotopic (exact) mass is 258 g/mol. The molecule has 102 valence electrons. The van der Waals surface area contributed by atoms with Crippen molar-refractivity contribution in [1.82, 2.24) is 9.13 Å². The number of rotatable bonds is 4. The molecule has 0 spiro atoms. The Labute approximate surface area is 114 Å². The third kappa shape index (κ3) is 2.98. The number of hydrogen-bond donors (Lipinski definition) is 0. The molecule has 1 heterocycles. The zero-order chi connectivity index (χ0) is 14.0. The van der Waals surface area contributed by atoms with Gasteiger partial charge in [0.15, 0.2) is 0 Å². The van der Waals surface area contributed by atoms with E-state index in [4.69, 9.17) is 0 Å². The molecule has 0 amide bonds. The Morgan fingerprint density at radius 1 is 1.00 bits per heavy atom. The molecule has 3 heteroatoms. The minimum absolute atomic E-state index is 0.0583. The summed E-state index contributed by atoms with van der Waals surface area (Å²) in [7, 11) is 0. The van der Waals surface area contributed by atoms with E-state index in [1.54, 1.807) is 9.13 Å². The van der Waals surface area contributed by atoms with Crippen LogP contribution in [0.4, 0.5) is 0 Å². The van der Waals surface area contributed by atoms with Gasteiger partial charge in [0, 0.05) is 18.4 Å². The fraction of sp³-hybridized carbons (Fsp3) is 0.438. The van der Waals surface area contributed by atoms with Crippen molar-refractivity contribution in [2.24, 2.45) is 0 Å². The van der Waals surface area contributed by atoms with Crippen LogP contribution in [0.25, 0.3) is 0 Å². The van der Waals surface area contributed by atoms with E-state index in [2.05, 4.69) is 38.1 Å². The topological polar surface area (TPSA) is 26.9 Å². The maximum atomic E-state index is 12.1. The molecule has 0 fully saturated rings. The second-order valence-corrected chi connectivity index (χ2v) is 5.61. The number of benzene rings is 1. The van der Waals surface area contributed by atoms with Crippen LogP contribution in [0.3, 0.4) is 0 Å². The molecule has 0 saturated carbocycles. The molecular formula is C16H22N2O. The Bertz CT molecular complexity index is 588. The largest absolute Gasteiger partial charge is 0.328 e. The number of aromatic nitrogens is 2. The molecule has 3 nitrogen and oxygen atoms in total. The number of nitrogens with zero attached hydrogens (tertiary/aromatic N) is 2. The molecule has 0 bridgehead atoms. The summed E-state index contributed by atoms with van der Waals surface area (Å²) < 4.78 is 3.51. The summed E-state index contributed by atoms with van der Waals surface area (Å²) in [6.07, 6.45) is 3.72. The Kier molecular flexibility index (Phi) is 3.93. The maximum Gasteiger partial charge on any atom is 0.328 e. The second-order valence-electron chi connectivity index (χ2n) is 5.61. The average molecular weight is 258 g/mol. The lowest BCUT2D eigenvalue weighted by atomic mass is 10.0. The zero-order valence-electron chi connectivity index (χ0n) is 12.1. The van der Waals surface area contributed by atoms with Crippen LogP contribution in [0.15, 0.2) is 41.5 Å². The molecule has 0 aliphatic rings. The van der Waals surface area contributed by atoms with Crippen molar-refractivity contribution in [3.63, 3.8) is 0 Å². The standard InChI is InChI=1S/C16H22N2O/c1-12(2)15-7-5-14(6-8-15)11-17-9-10-18(13(3)4)16(17)19/h5-10,12-13H,11H2,1-4H3. The summed E-state index contributed by atoms with van der Waals surface area (Å²) in [5.41, 5.74) is 2.55. The van der Waals surface area contributed by atoms with Gasteiger partial charge in [0.1, 0.15) is 0 Å². The molecule has 0 atom stereocenters. The summed E-state index contributed by atoms with van der Waals surface area (Å²) in [5, 5.41) is 0. The van der Waals surface area contributed by atoms with Crippen molar-refractivity contribution in [2.45, 2.75) is 46.2 Å². The highest BCUT2D eigenvalue weighted by molar-refractivity contribution is 5.24.